The summed E-state index contributed by atoms with van der Waals surface area (Å²) in [5.41, 5.74) is 11.1. The predicted molar refractivity (Wildman–Crippen MR) is 60.9 cm³/mol. The second-order valence-corrected chi connectivity index (χ2v) is 3.80. The van der Waals surface area contributed by atoms with Gasteiger partial charge >= 0.3 is 0 Å². The number of nitrogen functional groups attached to an aromatic ring is 2. The minimum absolute atomic E-state index is 0.158. The van der Waals surface area contributed by atoms with Crippen LogP contribution in [-0.4, -0.2) is 41.3 Å². The molecule has 0 saturated carbocycles. The number of nitrogens with two attached hydrogens (primary N) is 2. The Balaban J connectivity index is 2.21. The molecule has 2 heterocycles. The van der Waals surface area contributed by atoms with Crippen molar-refractivity contribution in [1.82, 2.24) is 15.0 Å². The molecule has 1 aromatic rings. The highest BCUT2D eigenvalue weighted by molar-refractivity contribution is 5.41. The number of hydrogen-bond donors (Lipinski definition) is 2. The summed E-state index contributed by atoms with van der Waals surface area (Å²) in [6.45, 7) is 1.56. The number of hydrogen-bond acceptors (Lipinski definition) is 7. The molecular weight excluding hydrogens is 208 g/mol. The number of aromatic nitrogens is 3. The maximum atomic E-state index is 5.55. The van der Waals surface area contributed by atoms with Gasteiger partial charge in [-0.15, -0.1) is 0 Å². The van der Waals surface area contributed by atoms with Gasteiger partial charge in [0.05, 0.1) is 12.6 Å². The Hall–Kier alpha value is -1.63. The molecule has 4 N–H and O–H groups in total. The fourth-order valence-electron chi connectivity index (χ4n) is 1.99. The molecule has 1 saturated heterocycles. The highest BCUT2D eigenvalue weighted by Crippen LogP contribution is 2.23. The van der Waals surface area contributed by atoms with Gasteiger partial charge in [0.25, 0.3) is 0 Å². The van der Waals surface area contributed by atoms with Crippen LogP contribution < -0.4 is 16.4 Å². The van der Waals surface area contributed by atoms with Crippen LogP contribution in [0.1, 0.15) is 12.8 Å². The van der Waals surface area contributed by atoms with E-state index in [2.05, 4.69) is 19.9 Å². The predicted octanol–water partition coefficient (Wildman–Crippen LogP) is -0.349. The third kappa shape index (κ3) is 2.13. The quantitative estimate of drug-likeness (QED) is 0.723. The summed E-state index contributed by atoms with van der Waals surface area (Å²) in [5.74, 6) is 0.862. The van der Waals surface area contributed by atoms with E-state index in [0.717, 1.165) is 19.4 Å². The lowest BCUT2D eigenvalue weighted by molar-refractivity contribution is 0.180. The molecular formula is C9H16N6O. The monoisotopic (exact) mass is 224 g/mol. The van der Waals surface area contributed by atoms with Crippen molar-refractivity contribution >= 4 is 17.8 Å². The molecule has 0 aliphatic carbocycles. The maximum absolute atomic E-state index is 5.55. The second kappa shape index (κ2) is 4.48. The van der Waals surface area contributed by atoms with Crippen LogP contribution in [0.5, 0.6) is 0 Å². The van der Waals surface area contributed by atoms with Crippen molar-refractivity contribution in [2.75, 3.05) is 36.6 Å². The van der Waals surface area contributed by atoms with Crippen molar-refractivity contribution in [3.63, 3.8) is 0 Å². The van der Waals surface area contributed by atoms with Gasteiger partial charge in [0.2, 0.25) is 17.8 Å². The lowest BCUT2D eigenvalue weighted by Crippen LogP contribution is -2.34. The Morgan fingerprint density at radius 2 is 2.00 bits per heavy atom. The Bertz CT molecular complexity index is 351. The van der Waals surface area contributed by atoms with Crippen molar-refractivity contribution in [2.24, 2.45) is 0 Å². The van der Waals surface area contributed by atoms with Crippen molar-refractivity contribution in [1.29, 1.82) is 0 Å². The molecule has 0 spiro atoms. The molecule has 1 aliphatic heterocycles. The van der Waals surface area contributed by atoms with Crippen molar-refractivity contribution in [3.05, 3.63) is 0 Å². The number of nitrogens with zero attached hydrogens (tertiary/aromatic N) is 4. The zero-order valence-electron chi connectivity index (χ0n) is 9.26. The van der Waals surface area contributed by atoms with Gasteiger partial charge in [-0.05, 0) is 12.8 Å². The van der Waals surface area contributed by atoms with E-state index in [-0.39, 0.29) is 11.9 Å². The molecule has 0 aromatic carbocycles. The van der Waals surface area contributed by atoms with E-state index < -0.39 is 0 Å². The number of methoxy groups -OCH3 is 1. The van der Waals surface area contributed by atoms with Gasteiger partial charge in [-0.25, -0.2) is 0 Å². The molecule has 1 fully saturated rings. The van der Waals surface area contributed by atoms with E-state index in [0.29, 0.717) is 18.6 Å². The van der Waals surface area contributed by atoms with Gasteiger partial charge in [-0.3, -0.25) is 0 Å². The first-order valence-corrected chi connectivity index (χ1v) is 5.23. The first-order valence-electron chi connectivity index (χ1n) is 5.23. The van der Waals surface area contributed by atoms with Crippen LogP contribution in [0.25, 0.3) is 0 Å². The number of anilines is 3. The Labute approximate surface area is 93.8 Å². The molecule has 0 radical (unpaired) electrons. The van der Waals surface area contributed by atoms with Gasteiger partial charge < -0.3 is 21.1 Å². The lowest BCUT2D eigenvalue weighted by Gasteiger charge is -2.23. The van der Waals surface area contributed by atoms with Crippen LogP contribution in [0, 0.1) is 0 Å². The summed E-state index contributed by atoms with van der Waals surface area (Å²) < 4.78 is 5.16. The molecule has 1 aromatic heterocycles. The van der Waals surface area contributed by atoms with E-state index in [1.54, 1.807) is 7.11 Å². The lowest BCUT2D eigenvalue weighted by atomic mass is 10.2. The van der Waals surface area contributed by atoms with Crippen molar-refractivity contribution < 1.29 is 4.74 Å². The smallest absolute Gasteiger partial charge is 0.232 e. The van der Waals surface area contributed by atoms with Crippen molar-refractivity contribution in [2.45, 2.75) is 18.9 Å². The van der Waals surface area contributed by atoms with Gasteiger partial charge in [0, 0.05) is 13.7 Å². The zero-order chi connectivity index (χ0) is 11.5. The molecule has 2 rings (SSSR count). The molecule has 0 bridgehead atoms. The van der Waals surface area contributed by atoms with Crippen molar-refractivity contribution in [3.8, 4) is 0 Å². The first kappa shape index (κ1) is 10.9. The average Bonchev–Trinajstić information content (AvgIpc) is 2.65. The van der Waals surface area contributed by atoms with Crippen LogP contribution >= 0.6 is 0 Å². The second-order valence-electron chi connectivity index (χ2n) is 3.80. The molecule has 7 nitrogen and oxygen atoms in total. The third-order valence-corrected chi connectivity index (χ3v) is 2.65. The van der Waals surface area contributed by atoms with Crippen LogP contribution in [-0.2, 0) is 4.74 Å². The van der Waals surface area contributed by atoms with Crippen LogP contribution in [0.3, 0.4) is 0 Å². The zero-order valence-corrected chi connectivity index (χ0v) is 9.26. The fraction of sp³-hybridized carbons (Fsp3) is 0.667. The van der Waals surface area contributed by atoms with Gasteiger partial charge in [0.1, 0.15) is 0 Å². The summed E-state index contributed by atoms with van der Waals surface area (Å²) in [7, 11) is 1.69. The Kier molecular flexibility index (Phi) is 3.04. The van der Waals surface area contributed by atoms with Gasteiger partial charge in [0.15, 0.2) is 0 Å². The third-order valence-electron chi connectivity index (χ3n) is 2.65. The minimum Gasteiger partial charge on any atom is -0.383 e. The number of rotatable bonds is 3. The minimum atomic E-state index is 0.158. The first-order chi connectivity index (χ1) is 7.70. The van der Waals surface area contributed by atoms with E-state index in [9.17, 15) is 0 Å². The molecule has 1 atom stereocenters. The Morgan fingerprint density at radius 1 is 1.31 bits per heavy atom. The molecule has 7 heteroatoms. The average molecular weight is 224 g/mol. The molecule has 1 aliphatic rings. The largest absolute Gasteiger partial charge is 0.383 e. The molecule has 16 heavy (non-hydrogen) atoms. The highest BCUT2D eigenvalue weighted by Gasteiger charge is 2.27. The van der Waals surface area contributed by atoms with E-state index in [4.69, 9.17) is 16.2 Å². The maximum Gasteiger partial charge on any atom is 0.232 e. The van der Waals surface area contributed by atoms with E-state index >= 15 is 0 Å². The highest BCUT2D eigenvalue weighted by atomic mass is 16.5. The summed E-state index contributed by atoms with van der Waals surface area (Å²) in [5, 5.41) is 0. The summed E-state index contributed by atoms with van der Waals surface area (Å²) in [6, 6.07) is 0.297. The summed E-state index contributed by atoms with van der Waals surface area (Å²) in [6.07, 6.45) is 2.17. The van der Waals surface area contributed by atoms with Crippen LogP contribution in [0.4, 0.5) is 17.8 Å². The van der Waals surface area contributed by atoms with E-state index in [1.165, 1.54) is 0 Å². The van der Waals surface area contributed by atoms with Gasteiger partial charge in [-0.1, -0.05) is 0 Å². The normalized spacial score (nSPS) is 20.3. The SMILES string of the molecule is COCC1CCCN1c1nc(N)nc(N)n1. The molecule has 0 amide bonds. The topological polar surface area (TPSA) is 103 Å². The fourth-order valence-corrected chi connectivity index (χ4v) is 1.99. The standard InChI is InChI=1S/C9H16N6O/c1-16-5-6-3-2-4-15(6)9-13-7(10)12-8(11)14-9/h6H,2-5H2,1H3,(H4,10,11,12,13,14). The van der Waals surface area contributed by atoms with Crippen LogP contribution in [0.2, 0.25) is 0 Å². The molecule has 1 unspecified atom stereocenters. The van der Waals surface area contributed by atoms with Gasteiger partial charge in [-0.2, -0.15) is 15.0 Å². The summed E-state index contributed by atoms with van der Waals surface area (Å²) in [4.78, 5) is 14.0. The number of ether oxygens (including phenoxy) is 1. The van der Waals surface area contributed by atoms with E-state index in [1.807, 2.05) is 0 Å². The van der Waals surface area contributed by atoms with Crippen LogP contribution in [0.15, 0.2) is 0 Å². The summed E-state index contributed by atoms with van der Waals surface area (Å²) >= 11 is 0. The Morgan fingerprint density at radius 3 is 2.62 bits per heavy atom. The molecule has 88 valence electrons.